The van der Waals surface area contributed by atoms with Gasteiger partial charge in [-0.05, 0) is 69.8 Å². The minimum Gasteiger partial charge on any atom is -0.456 e. The molecule has 0 atom stereocenters. The van der Waals surface area contributed by atoms with E-state index in [1.807, 2.05) is 47.7 Å². The number of thiophene rings is 1. The van der Waals surface area contributed by atoms with Crippen LogP contribution in [0, 0.1) is 0 Å². The van der Waals surface area contributed by atoms with E-state index >= 15 is 0 Å². The normalized spacial score (nSPS) is 11.6. The van der Waals surface area contributed by atoms with Gasteiger partial charge in [-0.3, -0.25) is 0 Å². The number of hydrogen-bond acceptors (Lipinski definition) is 5. The summed E-state index contributed by atoms with van der Waals surface area (Å²) in [6.07, 6.45) is 0. The summed E-state index contributed by atoms with van der Waals surface area (Å²) in [6.45, 7) is 0. The molecule has 0 saturated heterocycles. The Morgan fingerprint density at radius 1 is 0.321 bits per heavy atom. The predicted octanol–water partition coefficient (Wildman–Crippen LogP) is 14.1. The molecule has 0 bridgehead atoms. The van der Waals surface area contributed by atoms with Crippen LogP contribution in [-0.2, 0) is 0 Å². The lowest BCUT2D eigenvalue weighted by molar-refractivity contribution is 0.669. The van der Waals surface area contributed by atoms with E-state index in [1.165, 1.54) is 36.9 Å². The summed E-state index contributed by atoms with van der Waals surface area (Å²) >= 11 is 1.85. The molecule has 0 fully saturated rings. The second kappa shape index (κ2) is 13.3. The molecule has 0 amide bonds. The molecule has 262 valence electrons. The number of rotatable bonds is 6. The summed E-state index contributed by atoms with van der Waals surface area (Å²) in [5.41, 5.74) is 11.5. The standard InChI is InChI=1S/C51H31N3OS/c1-4-11-32(12-5-1)33-19-21-36(22-20-33)50-52-49(35-15-8-3-9-16-35)53-51(54-50)39-25-27-42-41-26-23-37(29-44(41)55-45(42)30-39)38-24-28-43-47(31-38)56-46-18-10-17-40(48(43)46)34-13-6-2-7-14-34/h1-31H. The molecule has 56 heavy (non-hydrogen) atoms. The number of benzene rings is 8. The Balaban J connectivity index is 0.967. The molecule has 11 rings (SSSR count). The molecule has 4 nitrogen and oxygen atoms in total. The number of fused-ring (bicyclic) bond motifs is 6. The van der Waals surface area contributed by atoms with Crippen LogP contribution in [0.4, 0.5) is 0 Å². The summed E-state index contributed by atoms with van der Waals surface area (Å²) in [5, 5.41) is 4.73. The van der Waals surface area contributed by atoms with Crippen LogP contribution in [0.5, 0.6) is 0 Å². The first kappa shape index (κ1) is 32.2. The number of hydrogen-bond donors (Lipinski definition) is 0. The van der Waals surface area contributed by atoms with Gasteiger partial charge in [0.05, 0.1) is 0 Å². The van der Waals surface area contributed by atoms with E-state index in [0.717, 1.165) is 55.3 Å². The van der Waals surface area contributed by atoms with Crippen molar-refractivity contribution in [1.29, 1.82) is 0 Å². The van der Waals surface area contributed by atoms with Crippen LogP contribution in [0.3, 0.4) is 0 Å². The molecular weight excluding hydrogens is 703 g/mol. The fourth-order valence-corrected chi connectivity index (χ4v) is 8.92. The van der Waals surface area contributed by atoms with Crippen molar-refractivity contribution in [3.05, 3.63) is 188 Å². The summed E-state index contributed by atoms with van der Waals surface area (Å²) in [7, 11) is 0. The van der Waals surface area contributed by atoms with Gasteiger partial charge in [-0.2, -0.15) is 0 Å². The second-order valence-electron chi connectivity index (χ2n) is 14.0. The zero-order chi connectivity index (χ0) is 37.0. The van der Waals surface area contributed by atoms with E-state index in [1.54, 1.807) is 0 Å². The SMILES string of the molecule is c1ccc(-c2ccc(-c3nc(-c4ccccc4)nc(-c4ccc5c(c4)oc4cc(-c6ccc7c(c6)sc6cccc(-c8ccccc8)c67)ccc45)n3)cc2)cc1. The van der Waals surface area contributed by atoms with Crippen LogP contribution < -0.4 is 0 Å². The number of furan rings is 1. The molecule has 11 aromatic rings. The van der Waals surface area contributed by atoms with Crippen LogP contribution in [0.2, 0.25) is 0 Å². The first-order chi connectivity index (χ1) is 27.7. The Bertz CT molecular complexity index is 3230. The molecule has 5 heteroatoms. The molecule has 0 radical (unpaired) electrons. The lowest BCUT2D eigenvalue weighted by Gasteiger charge is -2.09. The highest BCUT2D eigenvalue weighted by atomic mass is 32.1. The average molecular weight is 734 g/mol. The van der Waals surface area contributed by atoms with Crippen molar-refractivity contribution < 1.29 is 4.42 Å². The van der Waals surface area contributed by atoms with E-state index in [-0.39, 0.29) is 0 Å². The van der Waals surface area contributed by atoms with Crippen molar-refractivity contribution in [3.8, 4) is 67.5 Å². The molecule has 0 unspecified atom stereocenters. The highest BCUT2D eigenvalue weighted by Crippen LogP contribution is 2.42. The van der Waals surface area contributed by atoms with Crippen LogP contribution >= 0.6 is 11.3 Å². The Kier molecular flexibility index (Phi) is 7.64. The lowest BCUT2D eigenvalue weighted by atomic mass is 9.98. The van der Waals surface area contributed by atoms with Crippen LogP contribution in [-0.4, -0.2) is 15.0 Å². The molecule has 0 aliphatic rings. The molecule has 0 N–H and O–H groups in total. The first-order valence-electron chi connectivity index (χ1n) is 18.7. The van der Waals surface area contributed by atoms with Crippen LogP contribution in [0.15, 0.2) is 192 Å². The van der Waals surface area contributed by atoms with Crippen molar-refractivity contribution in [2.45, 2.75) is 0 Å². The van der Waals surface area contributed by atoms with E-state index in [2.05, 4.69) is 152 Å². The maximum atomic E-state index is 6.59. The Labute approximate surface area is 327 Å². The monoisotopic (exact) mass is 733 g/mol. The minimum atomic E-state index is 0.594. The minimum absolute atomic E-state index is 0.594. The Morgan fingerprint density at radius 3 is 1.45 bits per heavy atom. The molecule has 0 aliphatic carbocycles. The van der Waals surface area contributed by atoms with Gasteiger partial charge in [-0.15, -0.1) is 11.3 Å². The van der Waals surface area contributed by atoms with Crippen LogP contribution in [0.1, 0.15) is 0 Å². The molecule has 0 spiro atoms. The van der Waals surface area contributed by atoms with Crippen molar-refractivity contribution in [2.24, 2.45) is 0 Å². The summed E-state index contributed by atoms with van der Waals surface area (Å²) in [5.74, 6) is 1.84. The number of nitrogens with zero attached hydrogens (tertiary/aromatic N) is 3. The molecular formula is C51H31N3OS. The molecule has 3 heterocycles. The van der Waals surface area contributed by atoms with E-state index < -0.39 is 0 Å². The quantitative estimate of drug-likeness (QED) is 0.171. The van der Waals surface area contributed by atoms with Crippen molar-refractivity contribution >= 4 is 53.4 Å². The summed E-state index contributed by atoms with van der Waals surface area (Å²) in [4.78, 5) is 14.9. The van der Waals surface area contributed by atoms with Gasteiger partial charge in [0.25, 0.3) is 0 Å². The van der Waals surface area contributed by atoms with Crippen molar-refractivity contribution in [1.82, 2.24) is 15.0 Å². The smallest absolute Gasteiger partial charge is 0.164 e. The maximum absolute atomic E-state index is 6.59. The zero-order valence-electron chi connectivity index (χ0n) is 30.1. The van der Waals surface area contributed by atoms with Gasteiger partial charge in [0.2, 0.25) is 0 Å². The van der Waals surface area contributed by atoms with Gasteiger partial charge < -0.3 is 4.42 Å². The molecule has 0 saturated carbocycles. The highest BCUT2D eigenvalue weighted by Gasteiger charge is 2.17. The molecule has 8 aromatic carbocycles. The topological polar surface area (TPSA) is 51.8 Å². The third-order valence-electron chi connectivity index (χ3n) is 10.6. The van der Waals surface area contributed by atoms with Crippen molar-refractivity contribution in [2.75, 3.05) is 0 Å². The van der Waals surface area contributed by atoms with E-state index in [0.29, 0.717) is 17.5 Å². The highest BCUT2D eigenvalue weighted by molar-refractivity contribution is 7.26. The lowest BCUT2D eigenvalue weighted by Crippen LogP contribution is -2.00. The predicted molar refractivity (Wildman–Crippen MR) is 233 cm³/mol. The van der Waals surface area contributed by atoms with E-state index in [9.17, 15) is 0 Å². The molecule has 0 aliphatic heterocycles. The van der Waals surface area contributed by atoms with Crippen LogP contribution in [0.25, 0.3) is 110 Å². The molecule has 3 aromatic heterocycles. The third kappa shape index (κ3) is 5.65. The van der Waals surface area contributed by atoms with Gasteiger partial charge in [0.1, 0.15) is 11.2 Å². The maximum Gasteiger partial charge on any atom is 0.164 e. The average Bonchev–Trinajstić information content (AvgIpc) is 3.84. The first-order valence-corrected chi connectivity index (χ1v) is 19.5. The van der Waals surface area contributed by atoms with Gasteiger partial charge in [0, 0.05) is 47.6 Å². The number of aromatic nitrogens is 3. The zero-order valence-corrected chi connectivity index (χ0v) is 30.9. The summed E-state index contributed by atoms with van der Waals surface area (Å²) in [6, 6.07) is 65.7. The van der Waals surface area contributed by atoms with Gasteiger partial charge in [-0.25, -0.2) is 15.0 Å². The van der Waals surface area contributed by atoms with Gasteiger partial charge in [-0.1, -0.05) is 152 Å². The summed E-state index contributed by atoms with van der Waals surface area (Å²) < 4.78 is 9.16. The Morgan fingerprint density at radius 2 is 0.786 bits per heavy atom. The third-order valence-corrected chi connectivity index (χ3v) is 11.7. The van der Waals surface area contributed by atoms with E-state index in [4.69, 9.17) is 19.4 Å². The van der Waals surface area contributed by atoms with Crippen molar-refractivity contribution in [3.63, 3.8) is 0 Å². The fraction of sp³-hybridized carbons (Fsp3) is 0. The fourth-order valence-electron chi connectivity index (χ4n) is 7.75. The van der Waals surface area contributed by atoms with Gasteiger partial charge in [0.15, 0.2) is 17.5 Å². The second-order valence-corrected chi connectivity index (χ2v) is 15.1. The largest absolute Gasteiger partial charge is 0.456 e. The van der Waals surface area contributed by atoms with Gasteiger partial charge >= 0.3 is 0 Å². The Hall–Kier alpha value is -7.21.